The molecule has 1 aromatic heterocycles. The Labute approximate surface area is 170 Å². The van der Waals surface area contributed by atoms with Crippen molar-refractivity contribution in [2.75, 3.05) is 6.54 Å². The van der Waals surface area contributed by atoms with Gasteiger partial charge in [0, 0.05) is 13.0 Å². The van der Waals surface area contributed by atoms with E-state index in [1.165, 1.54) is 25.0 Å². The Bertz CT molecular complexity index is 997. The number of rotatable bonds is 7. The maximum Gasteiger partial charge on any atom is 0.223 e. The second-order valence-corrected chi connectivity index (χ2v) is 7.80. The third kappa shape index (κ3) is 4.34. The molecule has 1 amide bonds. The van der Waals surface area contributed by atoms with Crippen LogP contribution in [0.15, 0.2) is 46.9 Å². The number of carbonyl (C=O) groups is 1. The second kappa shape index (κ2) is 8.76. The van der Waals surface area contributed by atoms with E-state index in [1.807, 2.05) is 29.2 Å². The summed E-state index contributed by atoms with van der Waals surface area (Å²) in [6.07, 6.45) is 6.84. The van der Waals surface area contributed by atoms with Crippen LogP contribution in [0.5, 0.6) is 0 Å². The Balaban J connectivity index is 1.53. The minimum absolute atomic E-state index is 0.0845. The highest BCUT2D eigenvalue weighted by Crippen LogP contribution is 2.35. The average Bonchev–Trinajstić information content (AvgIpc) is 3.37. The highest BCUT2D eigenvalue weighted by molar-refractivity contribution is 5.81. The lowest BCUT2D eigenvalue weighted by Gasteiger charge is -2.22. The topological polar surface area (TPSA) is 46.3 Å². The maximum absolute atomic E-state index is 13.6. The van der Waals surface area contributed by atoms with Gasteiger partial charge in [0.05, 0.1) is 0 Å². The monoisotopic (exact) mass is 394 g/mol. The summed E-state index contributed by atoms with van der Waals surface area (Å²) in [5.41, 5.74) is 3.14. The van der Waals surface area contributed by atoms with Crippen molar-refractivity contribution in [3.05, 3.63) is 54.2 Å². The molecule has 0 N–H and O–H groups in total. The number of fused-ring (bicyclic) bond motifs is 1. The van der Waals surface area contributed by atoms with E-state index in [1.54, 1.807) is 6.07 Å². The van der Waals surface area contributed by atoms with E-state index >= 15 is 0 Å². The molecule has 1 saturated heterocycles. The van der Waals surface area contributed by atoms with Gasteiger partial charge in [-0.2, -0.15) is 0 Å². The average molecular weight is 394 g/mol. The lowest BCUT2D eigenvalue weighted by Crippen LogP contribution is -2.30. The third-order valence-corrected chi connectivity index (χ3v) is 5.66. The van der Waals surface area contributed by atoms with Crippen LogP contribution in [0.3, 0.4) is 0 Å². The van der Waals surface area contributed by atoms with Crippen LogP contribution in [0.25, 0.3) is 22.2 Å². The van der Waals surface area contributed by atoms with Crippen LogP contribution in [0.1, 0.15) is 63.8 Å². The largest absolute Gasteiger partial charge is 0.438 e. The van der Waals surface area contributed by atoms with E-state index in [9.17, 15) is 9.18 Å². The highest BCUT2D eigenvalue weighted by Gasteiger charge is 2.33. The Morgan fingerprint density at radius 2 is 2.03 bits per heavy atom. The zero-order valence-corrected chi connectivity index (χ0v) is 16.9. The van der Waals surface area contributed by atoms with Gasteiger partial charge in [-0.25, -0.2) is 9.37 Å². The van der Waals surface area contributed by atoms with Gasteiger partial charge in [-0.15, -0.1) is 0 Å². The Kier molecular flexibility index (Phi) is 5.93. The number of likely N-dealkylation sites (tertiary alicyclic amines) is 1. The van der Waals surface area contributed by atoms with Crippen molar-refractivity contribution in [1.29, 1.82) is 0 Å². The lowest BCUT2D eigenvalue weighted by atomic mass is 10.1. The van der Waals surface area contributed by atoms with Crippen molar-refractivity contribution in [2.45, 2.75) is 57.9 Å². The Morgan fingerprint density at radius 1 is 1.17 bits per heavy atom. The molecule has 0 bridgehead atoms. The van der Waals surface area contributed by atoms with Crippen LogP contribution >= 0.6 is 0 Å². The van der Waals surface area contributed by atoms with Gasteiger partial charge < -0.3 is 9.32 Å². The maximum atomic E-state index is 13.6. The summed E-state index contributed by atoms with van der Waals surface area (Å²) in [6.45, 7) is 2.94. The molecule has 29 heavy (non-hydrogen) atoms. The summed E-state index contributed by atoms with van der Waals surface area (Å²) in [5, 5.41) is 0. The molecule has 4 nitrogen and oxygen atoms in total. The van der Waals surface area contributed by atoms with Crippen LogP contribution in [-0.4, -0.2) is 22.3 Å². The van der Waals surface area contributed by atoms with Crippen LogP contribution in [0.2, 0.25) is 0 Å². The fourth-order valence-electron chi connectivity index (χ4n) is 4.10. The Morgan fingerprint density at radius 3 is 2.86 bits per heavy atom. The van der Waals surface area contributed by atoms with E-state index < -0.39 is 0 Å². The van der Waals surface area contributed by atoms with E-state index in [2.05, 4.69) is 6.92 Å². The molecule has 2 aromatic carbocycles. The van der Waals surface area contributed by atoms with Crippen molar-refractivity contribution >= 4 is 17.0 Å². The third-order valence-electron chi connectivity index (χ3n) is 5.66. The summed E-state index contributed by atoms with van der Waals surface area (Å²) >= 11 is 0. The van der Waals surface area contributed by atoms with Gasteiger partial charge in [0.25, 0.3) is 0 Å². The van der Waals surface area contributed by atoms with Crippen LogP contribution in [0.4, 0.5) is 4.39 Å². The molecule has 1 fully saturated rings. The molecule has 2 heterocycles. The van der Waals surface area contributed by atoms with Gasteiger partial charge in [-0.1, -0.05) is 44.4 Å². The molecule has 3 aromatic rings. The molecule has 0 saturated carbocycles. The SMILES string of the molecule is CCCCCCC(=O)N1CCC[C@@H]1c1nc2cc(-c3cccc(F)c3)ccc2o1. The van der Waals surface area contributed by atoms with Crippen molar-refractivity contribution in [2.24, 2.45) is 0 Å². The van der Waals surface area contributed by atoms with Gasteiger partial charge >= 0.3 is 0 Å². The first-order valence-electron chi connectivity index (χ1n) is 10.6. The summed E-state index contributed by atoms with van der Waals surface area (Å²) in [7, 11) is 0. The number of nitrogens with zero attached hydrogens (tertiary/aromatic N) is 2. The van der Waals surface area contributed by atoms with Crippen molar-refractivity contribution in [1.82, 2.24) is 9.88 Å². The number of amides is 1. The molecule has 1 aliphatic heterocycles. The molecule has 4 rings (SSSR count). The molecular formula is C24H27FN2O2. The number of oxazole rings is 1. The predicted molar refractivity (Wildman–Crippen MR) is 112 cm³/mol. The normalized spacial score (nSPS) is 16.6. The molecule has 0 radical (unpaired) electrons. The van der Waals surface area contributed by atoms with Crippen molar-refractivity contribution in [3.63, 3.8) is 0 Å². The van der Waals surface area contributed by atoms with Crippen LogP contribution in [-0.2, 0) is 4.79 Å². The number of hydrogen-bond donors (Lipinski definition) is 0. The molecule has 1 atom stereocenters. The summed E-state index contributed by atoms with van der Waals surface area (Å²) in [4.78, 5) is 19.3. The van der Waals surface area contributed by atoms with Gasteiger partial charge in [-0.3, -0.25) is 4.79 Å². The molecule has 1 aliphatic rings. The summed E-state index contributed by atoms with van der Waals surface area (Å²) in [6, 6.07) is 12.1. The standard InChI is InChI=1S/C24H27FN2O2/c1-2-3-4-5-11-23(28)27-14-7-10-21(27)24-26-20-16-18(12-13-22(20)29-24)17-8-6-9-19(25)15-17/h6,8-9,12-13,15-16,21H,2-5,7,10-11,14H2,1H3/t21-/m1/s1. The van der Waals surface area contributed by atoms with Gasteiger partial charge in [-0.05, 0) is 54.7 Å². The molecule has 0 spiro atoms. The number of halogens is 1. The lowest BCUT2D eigenvalue weighted by molar-refractivity contribution is -0.132. The van der Waals surface area contributed by atoms with Crippen LogP contribution in [0, 0.1) is 5.82 Å². The van der Waals surface area contributed by atoms with E-state index in [4.69, 9.17) is 9.40 Å². The number of aromatic nitrogens is 1. The molecule has 152 valence electrons. The van der Waals surface area contributed by atoms with E-state index in [0.29, 0.717) is 17.9 Å². The smallest absolute Gasteiger partial charge is 0.223 e. The first kappa shape index (κ1) is 19.6. The van der Waals surface area contributed by atoms with Crippen LogP contribution < -0.4 is 0 Å². The van der Waals surface area contributed by atoms with E-state index in [0.717, 1.165) is 48.9 Å². The minimum atomic E-state index is -0.262. The highest BCUT2D eigenvalue weighted by atomic mass is 19.1. The molecule has 0 unspecified atom stereocenters. The second-order valence-electron chi connectivity index (χ2n) is 7.80. The predicted octanol–water partition coefficient (Wildman–Crippen LogP) is 6.27. The fourth-order valence-corrected chi connectivity index (χ4v) is 4.10. The fraction of sp³-hybridized carbons (Fsp3) is 0.417. The van der Waals surface area contributed by atoms with E-state index in [-0.39, 0.29) is 17.8 Å². The van der Waals surface area contributed by atoms with Gasteiger partial charge in [0.15, 0.2) is 5.58 Å². The number of benzene rings is 2. The van der Waals surface area contributed by atoms with Gasteiger partial charge in [0.1, 0.15) is 17.4 Å². The first-order valence-corrected chi connectivity index (χ1v) is 10.6. The number of carbonyl (C=O) groups excluding carboxylic acids is 1. The zero-order valence-electron chi connectivity index (χ0n) is 16.9. The minimum Gasteiger partial charge on any atom is -0.438 e. The van der Waals surface area contributed by atoms with Gasteiger partial charge in [0.2, 0.25) is 11.8 Å². The number of unbranched alkanes of at least 4 members (excludes halogenated alkanes) is 3. The van der Waals surface area contributed by atoms with Crippen molar-refractivity contribution in [3.8, 4) is 11.1 Å². The molecular weight excluding hydrogens is 367 g/mol. The summed E-state index contributed by atoms with van der Waals surface area (Å²) < 4.78 is 19.6. The van der Waals surface area contributed by atoms with Crippen molar-refractivity contribution < 1.29 is 13.6 Å². The Hall–Kier alpha value is -2.69. The molecule has 5 heteroatoms. The number of hydrogen-bond acceptors (Lipinski definition) is 3. The zero-order chi connectivity index (χ0) is 20.2. The quantitative estimate of drug-likeness (QED) is 0.444. The summed E-state index contributed by atoms with van der Waals surface area (Å²) in [5.74, 6) is 0.546. The molecule has 0 aliphatic carbocycles. The first-order chi connectivity index (χ1) is 14.2.